The molecule has 0 unspecified atom stereocenters. The number of phenolic OH excluding ortho intramolecular Hbond substituents is 1. The number of halogens is 3. The molecular formula is C19H13F3N2O2. The number of carbonyl (C=O) groups excluding carboxylic acids is 1. The third-order valence-electron chi connectivity index (χ3n) is 3.70. The number of amides is 1. The first kappa shape index (κ1) is 17.5. The van der Waals surface area contributed by atoms with Crippen molar-refractivity contribution in [3.8, 4) is 5.75 Å². The summed E-state index contributed by atoms with van der Waals surface area (Å²) >= 11 is 0. The van der Waals surface area contributed by atoms with Crippen LogP contribution in [0.2, 0.25) is 0 Å². The summed E-state index contributed by atoms with van der Waals surface area (Å²) < 4.78 is 38.0. The summed E-state index contributed by atoms with van der Waals surface area (Å²) in [4.78, 5) is 12.2. The molecule has 1 amide bonds. The highest BCUT2D eigenvalue weighted by Crippen LogP contribution is 2.29. The zero-order chi connectivity index (χ0) is 18.7. The van der Waals surface area contributed by atoms with Gasteiger partial charge in [0.25, 0.3) is 5.91 Å². The number of carbonyl (C=O) groups is 1. The van der Waals surface area contributed by atoms with Crippen molar-refractivity contribution in [1.29, 1.82) is 0 Å². The number of alkyl halides is 3. The van der Waals surface area contributed by atoms with Crippen molar-refractivity contribution >= 4 is 22.9 Å². The molecule has 132 valence electrons. The van der Waals surface area contributed by atoms with Crippen molar-refractivity contribution in [2.24, 2.45) is 5.10 Å². The van der Waals surface area contributed by atoms with Crippen LogP contribution in [0.4, 0.5) is 13.2 Å². The molecule has 0 radical (unpaired) electrons. The fourth-order valence-electron chi connectivity index (χ4n) is 2.43. The van der Waals surface area contributed by atoms with E-state index in [1.165, 1.54) is 24.3 Å². The molecule has 0 spiro atoms. The van der Waals surface area contributed by atoms with E-state index in [4.69, 9.17) is 0 Å². The normalized spacial score (nSPS) is 11.8. The fraction of sp³-hybridized carbons (Fsp3) is 0.0526. The number of fused-ring (bicyclic) bond motifs is 1. The van der Waals surface area contributed by atoms with Crippen LogP contribution in [0.5, 0.6) is 5.75 Å². The first-order valence-electron chi connectivity index (χ1n) is 7.57. The minimum Gasteiger partial charge on any atom is -0.507 e. The third-order valence-corrected chi connectivity index (χ3v) is 3.70. The van der Waals surface area contributed by atoms with E-state index in [-0.39, 0.29) is 16.9 Å². The van der Waals surface area contributed by atoms with Gasteiger partial charge in [0.2, 0.25) is 0 Å². The van der Waals surface area contributed by atoms with Gasteiger partial charge >= 0.3 is 6.18 Å². The van der Waals surface area contributed by atoms with Gasteiger partial charge in [0.15, 0.2) is 0 Å². The maximum Gasteiger partial charge on any atom is 0.416 e. The molecule has 0 saturated heterocycles. The SMILES string of the molecule is O=C(NN=Cc1cccc(C(F)(F)F)c1)c1cc2ccccc2cc1O. The highest BCUT2D eigenvalue weighted by Gasteiger charge is 2.30. The van der Waals surface area contributed by atoms with Gasteiger partial charge < -0.3 is 5.11 Å². The summed E-state index contributed by atoms with van der Waals surface area (Å²) in [5.41, 5.74) is 1.60. The largest absolute Gasteiger partial charge is 0.507 e. The van der Waals surface area contributed by atoms with Crippen LogP contribution in [-0.2, 0) is 6.18 Å². The lowest BCUT2D eigenvalue weighted by molar-refractivity contribution is -0.137. The van der Waals surface area contributed by atoms with Crippen LogP contribution in [0.15, 0.2) is 65.8 Å². The number of aromatic hydroxyl groups is 1. The van der Waals surface area contributed by atoms with Crippen LogP contribution in [0, 0.1) is 0 Å². The molecule has 3 rings (SSSR count). The number of rotatable bonds is 3. The molecule has 0 aliphatic carbocycles. The molecule has 0 atom stereocenters. The number of hydrogen-bond acceptors (Lipinski definition) is 3. The Morgan fingerprint density at radius 3 is 2.38 bits per heavy atom. The van der Waals surface area contributed by atoms with Crippen molar-refractivity contribution in [3.63, 3.8) is 0 Å². The summed E-state index contributed by atoms with van der Waals surface area (Å²) in [6.07, 6.45) is -3.35. The van der Waals surface area contributed by atoms with E-state index in [0.29, 0.717) is 0 Å². The van der Waals surface area contributed by atoms with E-state index < -0.39 is 17.6 Å². The van der Waals surface area contributed by atoms with Crippen LogP contribution < -0.4 is 5.43 Å². The van der Waals surface area contributed by atoms with Gasteiger partial charge in [-0.2, -0.15) is 18.3 Å². The van der Waals surface area contributed by atoms with Crippen molar-refractivity contribution in [3.05, 3.63) is 77.4 Å². The average Bonchev–Trinajstić information content (AvgIpc) is 2.60. The monoisotopic (exact) mass is 358 g/mol. The predicted molar refractivity (Wildman–Crippen MR) is 92.1 cm³/mol. The van der Waals surface area contributed by atoms with E-state index in [9.17, 15) is 23.1 Å². The molecule has 0 aliphatic rings. The van der Waals surface area contributed by atoms with Gasteiger partial charge in [-0.1, -0.05) is 36.4 Å². The second-order valence-corrected chi connectivity index (χ2v) is 5.54. The van der Waals surface area contributed by atoms with E-state index >= 15 is 0 Å². The first-order chi connectivity index (χ1) is 12.3. The number of nitrogens with zero attached hydrogens (tertiary/aromatic N) is 1. The summed E-state index contributed by atoms with van der Waals surface area (Å²) in [7, 11) is 0. The number of hydrogen-bond donors (Lipinski definition) is 2. The number of phenols is 1. The third kappa shape index (κ3) is 3.83. The lowest BCUT2D eigenvalue weighted by atomic mass is 10.1. The van der Waals surface area contributed by atoms with Crippen LogP contribution in [-0.4, -0.2) is 17.2 Å². The highest BCUT2D eigenvalue weighted by atomic mass is 19.4. The highest BCUT2D eigenvalue weighted by molar-refractivity contribution is 6.01. The molecule has 4 nitrogen and oxygen atoms in total. The summed E-state index contributed by atoms with van der Waals surface area (Å²) in [6, 6.07) is 14.7. The molecule has 0 bridgehead atoms. The average molecular weight is 358 g/mol. The first-order valence-corrected chi connectivity index (χ1v) is 7.57. The second-order valence-electron chi connectivity index (χ2n) is 5.54. The smallest absolute Gasteiger partial charge is 0.416 e. The standard InChI is InChI=1S/C19H13F3N2O2/c20-19(21,22)15-7-3-4-12(8-15)11-23-24-18(26)16-9-13-5-1-2-6-14(13)10-17(16)25/h1-11,25H,(H,24,26). The fourth-order valence-corrected chi connectivity index (χ4v) is 2.43. The van der Waals surface area contributed by atoms with Crippen LogP contribution in [0.1, 0.15) is 21.5 Å². The van der Waals surface area contributed by atoms with E-state index in [2.05, 4.69) is 10.5 Å². The summed E-state index contributed by atoms with van der Waals surface area (Å²) in [6.45, 7) is 0. The quantitative estimate of drug-likeness (QED) is 0.541. The minimum absolute atomic E-state index is 0.0184. The molecule has 2 N–H and O–H groups in total. The van der Waals surface area contributed by atoms with Gasteiger partial charge in [0.05, 0.1) is 17.3 Å². The Labute approximate surface area is 146 Å². The summed E-state index contributed by atoms with van der Waals surface area (Å²) in [5, 5.41) is 15.2. The Bertz CT molecular complexity index is 997. The van der Waals surface area contributed by atoms with Gasteiger partial charge in [0, 0.05) is 0 Å². The molecule has 0 aromatic heterocycles. The Hall–Kier alpha value is -3.35. The van der Waals surface area contributed by atoms with Crippen LogP contribution in [0.25, 0.3) is 10.8 Å². The molecule has 0 heterocycles. The van der Waals surface area contributed by atoms with Gasteiger partial charge in [0.1, 0.15) is 5.75 Å². The zero-order valence-electron chi connectivity index (χ0n) is 13.3. The zero-order valence-corrected chi connectivity index (χ0v) is 13.3. The molecule has 26 heavy (non-hydrogen) atoms. The summed E-state index contributed by atoms with van der Waals surface area (Å²) in [5.74, 6) is -0.882. The predicted octanol–water partition coefficient (Wildman–Crippen LogP) is 4.33. The Kier molecular flexibility index (Phi) is 4.62. The van der Waals surface area contributed by atoms with E-state index in [0.717, 1.165) is 29.1 Å². The minimum atomic E-state index is -4.45. The maximum atomic E-state index is 12.7. The van der Waals surface area contributed by atoms with Crippen molar-refractivity contribution in [2.45, 2.75) is 6.18 Å². The van der Waals surface area contributed by atoms with Gasteiger partial charge in [-0.15, -0.1) is 0 Å². The van der Waals surface area contributed by atoms with E-state index in [1.807, 2.05) is 0 Å². The lowest BCUT2D eigenvalue weighted by Gasteiger charge is -2.07. The molecule has 0 saturated carbocycles. The molecule has 7 heteroatoms. The Balaban J connectivity index is 1.77. The Morgan fingerprint density at radius 2 is 1.69 bits per heavy atom. The van der Waals surface area contributed by atoms with Crippen molar-refractivity contribution < 1.29 is 23.1 Å². The molecule has 3 aromatic rings. The molecular weight excluding hydrogens is 345 g/mol. The van der Waals surface area contributed by atoms with Crippen molar-refractivity contribution in [1.82, 2.24) is 5.43 Å². The number of hydrazone groups is 1. The second kappa shape index (κ2) is 6.87. The molecule has 3 aromatic carbocycles. The van der Waals surface area contributed by atoms with Crippen LogP contribution >= 0.6 is 0 Å². The van der Waals surface area contributed by atoms with Gasteiger partial charge in [-0.3, -0.25) is 4.79 Å². The maximum absolute atomic E-state index is 12.7. The topological polar surface area (TPSA) is 61.7 Å². The van der Waals surface area contributed by atoms with Gasteiger partial charge in [-0.05, 0) is 40.6 Å². The lowest BCUT2D eigenvalue weighted by Crippen LogP contribution is -2.17. The number of nitrogens with one attached hydrogen (secondary N) is 1. The van der Waals surface area contributed by atoms with Crippen LogP contribution in [0.3, 0.4) is 0 Å². The van der Waals surface area contributed by atoms with Gasteiger partial charge in [-0.25, -0.2) is 5.43 Å². The number of benzene rings is 3. The van der Waals surface area contributed by atoms with Crippen molar-refractivity contribution in [2.75, 3.05) is 0 Å². The molecule has 0 aliphatic heterocycles. The Morgan fingerprint density at radius 1 is 1.00 bits per heavy atom. The van der Waals surface area contributed by atoms with E-state index in [1.54, 1.807) is 24.3 Å². The molecule has 0 fully saturated rings.